The van der Waals surface area contributed by atoms with Gasteiger partial charge in [0.1, 0.15) is 18.8 Å². The Morgan fingerprint density at radius 2 is 1.94 bits per heavy atom. The molecule has 0 bridgehead atoms. The van der Waals surface area contributed by atoms with Crippen LogP contribution in [-0.2, 0) is 4.74 Å². The lowest BCUT2D eigenvalue weighted by molar-refractivity contribution is 0.0862. The van der Waals surface area contributed by atoms with Gasteiger partial charge in [-0.2, -0.15) is 0 Å². The third-order valence-corrected chi connectivity index (χ3v) is 3.31. The Balaban J connectivity index is 1.90. The van der Waals surface area contributed by atoms with Gasteiger partial charge in [-0.1, -0.05) is 0 Å². The molecule has 2 aliphatic heterocycles. The number of rotatable bonds is 2. The fraction of sp³-hybridized carbons (Fsp3) is 0.462. The van der Waals surface area contributed by atoms with Crippen LogP contribution in [0.25, 0.3) is 0 Å². The maximum Gasteiger partial charge on any atom is 0.185 e. The summed E-state index contributed by atoms with van der Waals surface area (Å²) in [5, 5.41) is 0. The Bertz CT molecular complexity index is 480. The van der Waals surface area contributed by atoms with Crippen molar-refractivity contribution in [2.45, 2.75) is 12.0 Å². The van der Waals surface area contributed by atoms with Gasteiger partial charge in [0.05, 0.1) is 6.61 Å². The smallest absolute Gasteiger partial charge is 0.185 e. The molecule has 1 atom stereocenters. The molecule has 1 unspecified atom stereocenters. The van der Waals surface area contributed by atoms with Gasteiger partial charge in [0.25, 0.3) is 0 Å². The Morgan fingerprint density at radius 1 is 1.17 bits per heavy atom. The van der Waals surface area contributed by atoms with Gasteiger partial charge in [-0.3, -0.25) is 4.79 Å². The second-order valence-corrected chi connectivity index (χ2v) is 4.65. The second kappa shape index (κ2) is 4.26. The average molecular weight is 249 g/mol. The summed E-state index contributed by atoms with van der Waals surface area (Å²) in [5.41, 5.74) is 5.71. The summed E-state index contributed by atoms with van der Waals surface area (Å²) in [6.07, 6.45) is 0.556. The molecule has 18 heavy (non-hydrogen) atoms. The van der Waals surface area contributed by atoms with Crippen molar-refractivity contribution in [3.63, 3.8) is 0 Å². The van der Waals surface area contributed by atoms with Crippen molar-refractivity contribution in [1.29, 1.82) is 0 Å². The number of nitrogens with two attached hydrogens (primary N) is 1. The summed E-state index contributed by atoms with van der Waals surface area (Å²) in [6, 6.07) is 5.17. The molecule has 0 aliphatic carbocycles. The number of ether oxygens (including phenoxy) is 3. The molecule has 5 nitrogen and oxygen atoms in total. The van der Waals surface area contributed by atoms with E-state index in [1.54, 1.807) is 18.2 Å². The summed E-state index contributed by atoms with van der Waals surface area (Å²) in [4.78, 5) is 12.4. The molecule has 1 aromatic rings. The second-order valence-electron chi connectivity index (χ2n) is 4.65. The highest BCUT2D eigenvalue weighted by atomic mass is 16.6. The van der Waals surface area contributed by atoms with Crippen molar-refractivity contribution in [1.82, 2.24) is 0 Å². The van der Waals surface area contributed by atoms with Crippen LogP contribution in [0.1, 0.15) is 16.8 Å². The zero-order valence-corrected chi connectivity index (χ0v) is 9.98. The van der Waals surface area contributed by atoms with Crippen molar-refractivity contribution < 1.29 is 19.0 Å². The van der Waals surface area contributed by atoms with Crippen LogP contribution < -0.4 is 15.2 Å². The Labute approximate surface area is 105 Å². The van der Waals surface area contributed by atoms with Crippen LogP contribution in [-0.4, -0.2) is 37.7 Å². The molecule has 1 fully saturated rings. The summed E-state index contributed by atoms with van der Waals surface area (Å²) >= 11 is 0. The molecular weight excluding hydrogens is 234 g/mol. The zero-order valence-electron chi connectivity index (χ0n) is 9.98. The van der Waals surface area contributed by atoms with Crippen LogP contribution in [0.15, 0.2) is 18.2 Å². The third-order valence-electron chi connectivity index (χ3n) is 3.31. The predicted molar refractivity (Wildman–Crippen MR) is 64.1 cm³/mol. The van der Waals surface area contributed by atoms with Gasteiger partial charge in [-0.15, -0.1) is 0 Å². The van der Waals surface area contributed by atoms with Gasteiger partial charge in [0.2, 0.25) is 0 Å². The first-order chi connectivity index (χ1) is 8.69. The van der Waals surface area contributed by atoms with E-state index in [4.69, 9.17) is 19.9 Å². The van der Waals surface area contributed by atoms with Gasteiger partial charge < -0.3 is 19.9 Å². The highest BCUT2D eigenvalue weighted by Gasteiger charge is 2.39. The third kappa shape index (κ3) is 1.85. The van der Waals surface area contributed by atoms with Crippen LogP contribution in [0, 0.1) is 0 Å². The molecule has 96 valence electrons. The maximum absolute atomic E-state index is 12.4. The van der Waals surface area contributed by atoms with Crippen molar-refractivity contribution in [2.75, 3.05) is 26.4 Å². The van der Waals surface area contributed by atoms with Crippen molar-refractivity contribution in [2.24, 2.45) is 5.73 Å². The molecule has 1 aromatic carbocycles. The maximum atomic E-state index is 12.4. The largest absolute Gasteiger partial charge is 0.486 e. The summed E-state index contributed by atoms with van der Waals surface area (Å²) in [5.74, 6) is 1.18. The van der Waals surface area contributed by atoms with Gasteiger partial charge in [-0.05, 0) is 24.6 Å². The molecule has 0 radical (unpaired) electrons. The monoisotopic (exact) mass is 249 g/mol. The number of ketones is 1. The standard InChI is InChI=1S/C13H15NO4/c14-13(3-4-16-8-13)12(15)9-1-2-10-11(7-9)18-6-5-17-10/h1-2,7H,3-6,8,14H2. The number of hydrogen-bond donors (Lipinski definition) is 1. The van der Waals surface area contributed by atoms with Crippen LogP contribution in [0.3, 0.4) is 0 Å². The molecule has 2 N–H and O–H groups in total. The first kappa shape index (κ1) is 11.5. The van der Waals surface area contributed by atoms with Crippen LogP contribution in [0.2, 0.25) is 0 Å². The minimum atomic E-state index is -0.899. The lowest BCUT2D eigenvalue weighted by Gasteiger charge is -2.22. The molecule has 2 aliphatic rings. The number of carbonyl (C=O) groups is 1. The highest BCUT2D eigenvalue weighted by Crippen LogP contribution is 2.32. The molecule has 0 amide bonds. The summed E-state index contributed by atoms with van der Waals surface area (Å²) < 4.78 is 16.1. The van der Waals surface area contributed by atoms with Crippen molar-refractivity contribution >= 4 is 5.78 Å². The zero-order chi connectivity index (χ0) is 12.6. The normalized spacial score (nSPS) is 26.1. The molecule has 0 saturated carbocycles. The minimum absolute atomic E-state index is 0.100. The Hall–Kier alpha value is -1.59. The molecule has 3 rings (SSSR count). The number of benzene rings is 1. The number of Topliss-reactive ketones (excluding diaryl/α,β-unsaturated/α-hetero) is 1. The van der Waals surface area contributed by atoms with E-state index in [1.807, 2.05) is 0 Å². The lowest BCUT2D eigenvalue weighted by Crippen LogP contribution is -2.48. The number of hydrogen-bond acceptors (Lipinski definition) is 5. The van der Waals surface area contributed by atoms with E-state index in [-0.39, 0.29) is 12.4 Å². The molecule has 1 saturated heterocycles. The minimum Gasteiger partial charge on any atom is -0.486 e. The topological polar surface area (TPSA) is 70.8 Å². The average Bonchev–Trinajstić information content (AvgIpc) is 2.85. The molecule has 0 aromatic heterocycles. The van der Waals surface area contributed by atoms with Crippen molar-refractivity contribution in [3.8, 4) is 11.5 Å². The van der Waals surface area contributed by atoms with E-state index >= 15 is 0 Å². The van der Waals surface area contributed by atoms with E-state index in [2.05, 4.69) is 0 Å². The number of fused-ring (bicyclic) bond motifs is 1. The van der Waals surface area contributed by atoms with Crippen molar-refractivity contribution in [3.05, 3.63) is 23.8 Å². The van der Waals surface area contributed by atoms with Gasteiger partial charge >= 0.3 is 0 Å². The first-order valence-corrected chi connectivity index (χ1v) is 6.00. The van der Waals surface area contributed by atoms with E-state index in [0.29, 0.717) is 43.3 Å². The fourth-order valence-electron chi connectivity index (χ4n) is 2.23. The Morgan fingerprint density at radius 3 is 2.67 bits per heavy atom. The molecular formula is C13H15NO4. The van der Waals surface area contributed by atoms with Crippen LogP contribution >= 0.6 is 0 Å². The van der Waals surface area contributed by atoms with Gasteiger partial charge in [0.15, 0.2) is 17.3 Å². The summed E-state index contributed by atoms with van der Waals surface area (Å²) in [7, 11) is 0. The molecule has 5 heteroatoms. The van der Waals surface area contributed by atoms with Crippen LogP contribution in [0.4, 0.5) is 0 Å². The quantitative estimate of drug-likeness (QED) is 0.783. The Kier molecular flexibility index (Phi) is 2.72. The lowest BCUT2D eigenvalue weighted by atomic mass is 9.89. The van der Waals surface area contributed by atoms with Gasteiger partial charge in [0, 0.05) is 12.2 Å². The predicted octanol–water partition coefficient (Wildman–Crippen LogP) is 0.758. The number of carbonyl (C=O) groups excluding carboxylic acids is 1. The van der Waals surface area contributed by atoms with E-state index in [0.717, 1.165) is 0 Å². The SMILES string of the molecule is NC1(C(=O)c2ccc3c(c2)OCCO3)CCOC1. The summed E-state index contributed by atoms with van der Waals surface area (Å²) in [6.45, 7) is 1.85. The van der Waals surface area contributed by atoms with Gasteiger partial charge in [-0.25, -0.2) is 0 Å². The molecule has 0 spiro atoms. The van der Waals surface area contributed by atoms with E-state index in [9.17, 15) is 4.79 Å². The van der Waals surface area contributed by atoms with E-state index in [1.165, 1.54) is 0 Å². The fourth-order valence-corrected chi connectivity index (χ4v) is 2.23. The highest BCUT2D eigenvalue weighted by molar-refractivity contribution is 6.03. The first-order valence-electron chi connectivity index (χ1n) is 6.00. The van der Waals surface area contributed by atoms with E-state index < -0.39 is 5.54 Å². The van der Waals surface area contributed by atoms with Crippen LogP contribution in [0.5, 0.6) is 11.5 Å². The molecule has 2 heterocycles.